The smallest absolute Gasteiger partial charge is 0.338 e. The lowest BCUT2D eigenvalue weighted by Crippen LogP contribution is -2.35. The minimum atomic E-state index is -3.51. The molecule has 2 aromatic carbocycles. The van der Waals surface area contributed by atoms with Crippen LogP contribution < -0.4 is 14.4 Å². The number of ether oxygens (including phenoxy) is 2. The average molecular weight is 418 g/mol. The molecule has 0 fully saturated rings. The molecule has 0 aromatic heterocycles. The third kappa shape index (κ3) is 4.86. The van der Waals surface area contributed by atoms with Gasteiger partial charge in [-0.1, -0.05) is 12.1 Å². The van der Waals surface area contributed by atoms with E-state index in [0.29, 0.717) is 22.7 Å². The van der Waals surface area contributed by atoms with Crippen molar-refractivity contribution in [3.63, 3.8) is 0 Å². The maximum Gasteiger partial charge on any atom is 0.338 e. The van der Waals surface area contributed by atoms with Gasteiger partial charge in [-0.3, -0.25) is 9.10 Å². The van der Waals surface area contributed by atoms with Crippen LogP contribution in [0.25, 0.3) is 0 Å². The fraction of sp³-hybridized carbons (Fsp3) is 0.300. The van der Waals surface area contributed by atoms with Crippen molar-refractivity contribution in [1.82, 2.24) is 0 Å². The van der Waals surface area contributed by atoms with Crippen LogP contribution in [0.1, 0.15) is 23.7 Å². The van der Waals surface area contributed by atoms with Gasteiger partial charge in [-0.05, 0) is 43.3 Å². The summed E-state index contributed by atoms with van der Waals surface area (Å²) in [6.45, 7) is 2.13. The molecule has 29 heavy (non-hydrogen) atoms. The average Bonchev–Trinajstić information content (AvgIpc) is 2.88. The van der Waals surface area contributed by atoms with E-state index < -0.39 is 28.0 Å². The highest BCUT2D eigenvalue weighted by molar-refractivity contribution is 7.92. The topological polar surface area (TPSA) is 102 Å². The second kappa shape index (κ2) is 8.52. The van der Waals surface area contributed by atoms with Crippen molar-refractivity contribution >= 4 is 33.3 Å². The Morgan fingerprint density at radius 2 is 1.86 bits per heavy atom. The maximum absolute atomic E-state index is 12.7. The number of benzene rings is 2. The Morgan fingerprint density at radius 3 is 2.52 bits per heavy atom. The number of hydrogen-bond donors (Lipinski definition) is 1. The highest BCUT2D eigenvalue weighted by Gasteiger charge is 2.31. The molecule has 1 amide bonds. The predicted molar refractivity (Wildman–Crippen MR) is 109 cm³/mol. The second-order valence-corrected chi connectivity index (χ2v) is 8.39. The van der Waals surface area contributed by atoms with Crippen molar-refractivity contribution < 1.29 is 27.5 Å². The summed E-state index contributed by atoms with van der Waals surface area (Å²) in [5, 5.41) is 2.74. The summed E-state index contributed by atoms with van der Waals surface area (Å²) >= 11 is 0. The van der Waals surface area contributed by atoms with E-state index in [0.717, 1.165) is 6.26 Å². The molecular formula is C20H22N2O6S. The van der Waals surface area contributed by atoms with E-state index in [2.05, 4.69) is 5.32 Å². The van der Waals surface area contributed by atoms with E-state index in [1.807, 2.05) is 0 Å². The Bertz CT molecular complexity index is 1000. The van der Waals surface area contributed by atoms with E-state index in [1.54, 1.807) is 55.5 Å². The van der Waals surface area contributed by atoms with Gasteiger partial charge in [-0.15, -0.1) is 0 Å². The van der Waals surface area contributed by atoms with Crippen molar-refractivity contribution in [2.24, 2.45) is 0 Å². The number of carbonyl (C=O) groups is 2. The Labute approximate surface area is 169 Å². The quantitative estimate of drug-likeness (QED) is 0.748. The van der Waals surface area contributed by atoms with Gasteiger partial charge in [0.05, 0.1) is 24.1 Å². The fourth-order valence-electron chi connectivity index (χ4n) is 2.99. The highest BCUT2D eigenvalue weighted by Crippen LogP contribution is 2.34. The first-order chi connectivity index (χ1) is 13.8. The van der Waals surface area contributed by atoms with Crippen molar-refractivity contribution in [1.29, 1.82) is 0 Å². The molecule has 1 heterocycles. The summed E-state index contributed by atoms with van der Waals surface area (Å²) in [5.74, 6) is -0.512. The number of hydrogen-bond acceptors (Lipinski definition) is 6. The summed E-state index contributed by atoms with van der Waals surface area (Å²) < 4.78 is 36.3. The molecule has 0 saturated heterocycles. The molecule has 1 aliphatic heterocycles. The van der Waals surface area contributed by atoms with Gasteiger partial charge >= 0.3 is 5.97 Å². The molecule has 0 unspecified atom stereocenters. The van der Waals surface area contributed by atoms with Crippen molar-refractivity contribution in [3.8, 4) is 5.75 Å². The molecule has 1 aliphatic rings. The lowest BCUT2D eigenvalue weighted by molar-refractivity contribution is -0.122. The molecule has 0 aliphatic carbocycles. The van der Waals surface area contributed by atoms with Crippen LogP contribution in [0, 0.1) is 0 Å². The Balaban J connectivity index is 1.75. The number of nitrogens with one attached hydrogen (secondary N) is 1. The van der Waals surface area contributed by atoms with Gasteiger partial charge in [0.15, 0.2) is 6.10 Å². The maximum atomic E-state index is 12.7. The summed E-state index contributed by atoms with van der Waals surface area (Å²) in [6, 6.07) is 13.0. The standard InChI is InChI=1S/C20H22N2O6S/c1-3-27-20(24)14-8-10-15(11-9-14)21-19(23)18-12-13-22(29(2,25)26)16-6-4-5-7-17(16)28-18/h4-11,18H,3,12-13H2,1-2H3,(H,21,23)/t18-/m1/s1. The van der Waals surface area contributed by atoms with Gasteiger partial charge in [0.1, 0.15) is 5.75 Å². The number of anilines is 2. The monoisotopic (exact) mass is 418 g/mol. The number of sulfonamides is 1. The van der Waals surface area contributed by atoms with Gasteiger partial charge in [-0.2, -0.15) is 0 Å². The lowest BCUT2D eigenvalue weighted by Gasteiger charge is -2.20. The molecule has 0 radical (unpaired) electrons. The first-order valence-electron chi connectivity index (χ1n) is 9.11. The van der Waals surface area contributed by atoms with Gasteiger partial charge in [0, 0.05) is 18.7 Å². The summed E-state index contributed by atoms with van der Waals surface area (Å²) in [7, 11) is -3.51. The van der Waals surface area contributed by atoms with Crippen LogP contribution in [0.4, 0.5) is 11.4 Å². The van der Waals surface area contributed by atoms with Crippen LogP contribution in [0.5, 0.6) is 5.75 Å². The molecular weight excluding hydrogens is 396 g/mol. The number of esters is 1. The molecule has 0 spiro atoms. The predicted octanol–water partition coefficient (Wildman–Crippen LogP) is 2.42. The van der Waals surface area contributed by atoms with Gasteiger partial charge in [-0.25, -0.2) is 13.2 Å². The molecule has 8 nitrogen and oxygen atoms in total. The number of rotatable bonds is 5. The molecule has 1 N–H and O–H groups in total. The lowest BCUT2D eigenvalue weighted by atomic mass is 10.2. The summed E-state index contributed by atoms with van der Waals surface area (Å²) in [5.41, 5.74) is 1.28. The van der Waals surface area contributed by atoms with Crippen LogP contribution in [0.15, 0.2) is 48.5 Å². The first kappa shape index (κ1) is 20.7. The zero-order valence-corrected chi connectivity index (χ0v) is 16.9. The Kier molecular flexibility index (Phi) is 6.07. The summed E-state index contributed by atoms with van der Waals surface area (Å²) in [6.07, 6.45) is 0.441. The van der Waals surface area contributed by atoms with Crippen LogP contribution in [0.2, 0.25) is 0 Å². The van der Waals surface area contributed by atoms with E-state index in [-0.39, 0.29) is 19.6 Å². The van der Waals surface area contributed by atoms with Crippen LogP contribution in [0.3, 0.4) is 0 Å². The second-order valence-electron chi connectivity index (χ2n) is 6.49. The Hall–Kier alpha value is -3.07. The third-order valence-corrected chi connectivity index (χ3v) is 5.53. The minimum absolute atomic E-state index is 0.121. The Morgan fingerprint density at radius 1 is 1.17 bits per heavy atom. The van der Waals surface area contributed by atoms with E-state index >= 15 is 0 Å². The van der Waals surface area contributed by atoms with Gasteiger partial charge < -0.3 is 14.8 Å². The van der Waals surface area contributed by atoms with E-state index in [9.17, 15) is 18.0 Å². The highest BCUT2D eigenvalue weighted by atomic mass is 32.2. The first-order valence-corrected chi connectivity index (χ1v) is 11.0. The largest absolute Gasteiger partial charge is 0.478 e. The van der Waals surface area contributed by atoms with E-state index in [1.165, 1.54) is 4.31 Å². The zero-order chi connectivity index (χ0) is 21.0. The number of para-hydroxylation sites is 2. The number of amides is 1. The van der Waals surface area contributed by atoms with Gasteiger partial charge in [0.25, 0.3) is 5.91 Å². The number of carbonyl (C=O) groups excluding carboxylic acids is 2. The molecule has 2 aromatic rings. The minimum Gasteiger partial charge on any atom is -0.478 e. The molecule has 0 saturated carbocycles. The third-order valence-electron chi connectivity index (χ3n) is 4.35. The molecule has 1 atom stereocenters. The van der Waals surface area contributed by atoms with Gasteiger partial charge in [0.2, 0.25) is 10.0 Å². The summed E-state index contributed by atoms with van der Waals surface area (Å²) in [4.78, 5) is 24.4. The molecule has 154 valence electrons. The molecule has 0 bridgehead atoms. The number of fused-ring (bicyclic) bond motifs is 1. The molecule has 9 heteroatoms. The zero-order valence-electron chi connectivity index (χ0n) is 16.1. The fourth-order valence-corrected chi connectivity index (χ4v) is 3.93. The van der Waals surface area contributed by atoms with Crippen molar-refractivity contribution in [2.75, 3.05) is 29.0 Å². The number of nitrogens with zero attached hydrogens (tertiary/aromatic N) is 1. The van der Waals surface area contributed by atoms with Crippen LogP contribution >= 0.6 is 0 Å². The normalized spacial score (nSPS) is 16.2. The van der Waals surface area contributed by atoms with Crippen LogP contribution in [-0.4, -0.2) is 45.8 Å². The van der Waals surface area contributed by atoms with E-state index in [4.69, 9.17) is 9.47 Å². The van der Waals surface area contributed by atoms with Crippen LogP contribution in [-0.2, 0) is 19.6 Å². The molecule has 3 rings (SSSR count). The van der Waals surface area contributed by atoms with Crippen molar-refractivity contribution in [2.45, 2.75) is 19.4 Å². The van der Waals surface area contributed by atoms with Crippen molar-refractivity contribution in [3.05, 3.63) is 54.1 Å². The SMILES string of the molecule is CCOC(=O)c1ccc(NC(=O)[C@H]2CCN(S(C)(=O)=O)c3ccccc3O2)cc1.